The van der Waals surface area contributed by atoms with Crippen LogP contribution in [0.4, 0.5) is 5.82 Å². The Labute approximate surface area is 214 Å². The molecule has 4 rings (SSSR count). The minimum atomic E-state index is 0.757. The van der Waals surface area contributed by atoms with E-state index in [1.165, 1.54) is 54.4 Å². The number of nitrogens with zero attached hydrogens (tertiary/aromatic N) is 1. The van der Waals surface area contributed by atoms with Crippen LogP contribution in [0.1, 0.15) is 82.6 Å². The average Bonchev–Trinajstić information content (AvgIpc) is 2.87. The lowest BCUT2D eigenvalue weighted by molar-refractivity contribution is 0.684. The van der Waals surface area contributed by atoms with Gasteiger partial charge in [-0.15, -0.1) is 0 Å². The number of nitrogens with one attached hydrogen (secondary N) is 1. The van der Waals surface area contributed by atoms with Crippen LogP contribution >= 0.6 is 11.6 Å². The van der Waals surface area contributed by atoms with E-state index in [2.05, 4.69) is 63.3 Å². The number of pyridine rings is 1. The predicted molar refractivity (Wildman–Crippen MR) is 153 cm³/mol. The van der Waals surface area contributed by atoms with E-state index in [-0.39, 0.29) is 0 Å². The highest BCUT2D eigenvalue weighted by molar-refractivity contribution is 6.33. The molecule has 34 heavy (non-hydrogen) atoms. The van der Waals surface area contributed by atoms with Gasteiger partial charge in [0.2, 0.25) is 0 Å². The summed E-state index contributed by atoms with van der Waals surface area (Å²) in [7, 11) is 1.94. The van der Waals surface area contributed by atoms with Crippen molar-refractivity contribution < 1.29 is 0 Å². The molecule has 1 aliphatic rings. The molecule has 0 unspecified atom stereocenters. The summed E-state index contributed by atoms with van der Waals surface area (Å²) in [5.74, 6) is 1.01. The van der Waals surface area contributed by atoms with Crippen molar-refractivity contribution >= 4 is 17.4 Å². The molecule has 1 aromatic heterocycles. The number of benzene rings is 2. The first-order valence-electron chi connectivity index (χ1n) is 13.1. The Morgan fingerprint density at radius 3 is 2.15 bits per heavy atom. The Morgan fingerprint density at radius 2 is 1.53 bits per heavy atom. The van der Waals surface area contributed by atoms with Gasteiger partial charge in [0.15, 0.2) is 0 Å². The fourth-order valence-electron chi connectivity index (χ4n) is 3.92. The number of halogens is 1. The van der Waals surface area contributed by atoms with Crippen LogP contribution in [0, 0.1) is 6.92 Å². The van der Waals surface area contributed by atoms with Crippen molar-refractivity contribution in [2.75, 3.05) is 12.4 Å². The van der Waals surface area contributed by atoms with Crippen LogP contribution in [0.5, 0.6) is 0 Å². The largest absolute Gasteiger partial charge is 0.373 e. The van der Waals surface area contributed by atoms with Crippen molar-refractivity contribution in [1.29, 1.82) is 0 Å². The zero-order valence-corrected chi connectivity index (χ0v) is 23.2. The molecular weight excluding hydrogens is 436 g/mol. The second-order valence-corrected chi connectivity index (χ2v) is 8.72. The van der Waals surface area contributed by atoms with E-state index < -0.39 is 0 Å². The summed E-state index contributed by atoms with van der Waals surface area (Å²) < 4.78 is 0. The third-order valence-corrected chi connectivity index (χ3v) is 5.84. The van der Waals surface area contributed by atoms with Gasteiger partial charge in [-0.1, -0.05) is 102 Å². The number of hydrogen-bond donors (Lipinski definition) is 1. The van der Waals surface area contributed by atoms with Gasteiger partial charge in [0.1, 0.15) is 5.82 Å². The molecule has 0 atom stereocenters. The highest BCUT2D eigenvalue weighted by atomic mass is 35.5. The zero-order chi connectivity index (χ0) is 25.3. The number of anilines is 1. The van der Waals surface area contributed by atoms with E-state index in [9.17, 15) is 0 Å². The third-order valence-electron chi connectivity index (χ3n) is 5.51. The van der Waals surface area contributed by atoms with Crippen molar-refractivity contribution in [3.8, 4) is 11.3 Å². The molecule has 0 aliphatic heterocycles. The SMILES string of the molecule is CC.CCC.CCCc1ccccc1C.CNc1nc(-c2ccccc2Cl)cc2c1CCCC2. The molecule has 1 heterocycles. The van der Waals surface area contributed by atoms with Crippen molar-refractivity contribution in [1.82, 2.24) is 4.98 Å². The molecule has 0 fully saturated rings. The standard InChI is InChI=1S/C16H17ClN2.C10H14.C3H8.C2H6/c1-18-16-12-7-3-2-6-11(12)10-15(19-16)13-8-4-5-9-14(13)17;1-3-6-10-8-5-4-7-9(10)2;1-3-2;1-2/h4-5,8-10H,2-3,6-7H2,1H3,(H,18,19);4-5,7-8H,3,6H2,1-2H3;3H2,1-2H3;1-2H3. The molecule has 3 aromatic rings. The molecular formula is C31H45ClN2. The van der Waals surface area contributed by atoms with E-state index in [0.29, 0.717) is 0 Å². The van der Waals surface area contributed by atoms with Crippen LogP contribution in [0.3, 0.4) is 0 Å². The van der Waals surface area contributed by atoms with E-state index in [1.54, 1.807) is 0 Å². The molecule has 1 N–H and O–H groups in total. The summed E-state index contributed by atoms with van der Waals surface area (Å²) in [6.45, 7) is 12.6. The van der Waals surface area contributed by atoms with Gasteiger partial charge in [-0.05, 0) is 73.4 Å². The number of rotatable bonds is 4. The minimum Gasteiger partial charge on any atom is -0.373 e. The second-order valence-electron chi connectivity index (χ2n) is 8.31. The Morgan fingerprint density at radius 1 is 0.912 bits per heavy atom. The van der Waals surface area contributed by atoms with Crippen LogP contribution in [0.15, 0.2) is 54.6 Å². The molecule has 186 valence electrons. The first-order chi connectivity index (χ1) is 16.5. The molecule has 1 aliphatic carbocycles. The Kier molecular flexibility index (Phi) is 15.0. The van der Waals surface area contributed by atoms with Gasteiger partial charge < -0.3 is 5.32 Å². The summed E-state index contributed by atoms with van der Waals surface area (Å²) in [6.07, 6.45) is 8.50. The molecule has 0 spiro atoms. The van der Waals surface area contributed by atoms with Crippen molar-refractivity contribution in [2.45, 2.75) is 86.5 Å². The van der Waals surface area contributed by atoms with Gasteiger partial charge >= 0.3 is 0 Å². The van der Waals surface area contributed by atoms with Crippen molar-refractivity contribution in [2.24, 2.45) is 0 Å². The topological polar surface area (TPSA) is 24.9 Å². The van der Waals surface area contributed by atoms with Gasteiger partial charge in [0.25, 0.3) is 0 Å². The van der Waals surface area contributed by atoms with Gasteiger partial charge in [0.05, 0.1) is 5.69 Å². The summed E-state index contributed by atoms with van der Waals surface area (Å²) in [5, 5.41) is 3.99. The van der Waals surface area contributed by atoms with E-state index in [1.807, 2.05) is 45.2 Å². The lowest BCUT2D eigenvalue weighted by Crippen LogP contribution is -2.09. The minimum absolute atomic E-state index is 0.757. The normalized spacial score (nSPS) is 11.4. The highest BCUT2D eigenvalue weighted by Crippen LogP contribution is 2.33. The molecule has 0 radical (unpaired) electrons. The molecule has 0 saturated carbocycles. The van der Waals surface area contributed by atoms with E-state index in [4.69, 9.17) is 16.6 Å². The van der Waals surface area contributed by atoms with Gasteiger partial charge in [-0.2, -0.15) is 0 Å². The van der Waals surface area contributed by atoms with Crippen molar-refractivity contribution in [3.05, 3.63) is 81.9 Å². The lowest BCUT2D eigenvalue weighted by Gasteiger charge is -2.20. The molecule has 3 heteroatoms. The van der Waals surface area contributed by atoms with Gasteiger partial charge in [-0.3, -0.25) is 0 Å². The van der Waals surface area contributed by atoms with Crippen LogP contribution in [-0.4, -0.2) is 12.0 Å². The van der Waals surface area contributed by atoms with Crippen LogP contribution in [0.25, 0.3) is 11.3 Å². The van der Waals surface area contributed by atoms with Crippen LogP contribution in [-0.2, 0) is 19.3 Å². The van der Waals surface area contributed by atoms with Crippen LogP contribution in [0.2, 0.25) is 5.02 Å². The lowest BCUT2D eigenvalue weighted by atomic mass is 9.91. The maximum atomic E-state index is 6.28. The third kappa shape index (κ3) is 9.14. The monoisotopic (exact) mass is 480 g/mol. The van der Waals surface area contributed by atoms with E-state index >= 15 is 0 Å². The molecule has 0 saturated heterocycles. The summed E-state index contributed by atoms with van der Waals surface area (Å²) >= 11 is 6.28. The number of fused-ring (bicyclic) bond motifs is 1. The van der Waals surface area contributed by atoms with E-state index in [0.717, 1.165) is 34.9 Å². The quantitative estimate of drug-likeness (QED) is 0.401. The number of aryl methyl sites for hydroxylation is 3. The molecule has 2 aromatic carbocycles. The first-order valence-corrected chi connectivity index (χ1v) is 13.4. The smallest absolute Gasteiger partial charge is 0.129 e. The average molecular weight is 481 g/mol. The fourth-order valence-corrected chi connectivity index (χ4v) is 4.15. The summed E-state index contributed by atoms with van der Waals surface area (Å²) in [5.41, 5.74) is 7.68. The summed E-state index contributed by atoms with van der Waals surface area (Å²) in [6, 6.07) is 18.7. The zero-order valence-electron chi connectivity index (χ0n) is 22.5. The molecule has 0 amide bonds. The van der Waals surface area contributed by atoms with Crippen LogP contribution < -0.4 is 5.32 Å². The Balaban J connectivity index is 0.000000325. The molecule has 2 nitrogen and oxygen atoms in total. The maximum Gasteiger partial charge on any atom is 0.129 e. The second kappa shape index (κ2) is 17.2. The fraction of sp³-hybridized carbons (Fsp3) is 0.452. The van der Waals surface area contributed by atoms with Gasteiger partial charge in [-0.25, -0.2) is 4.98 Å². The maximum absolute atomic E-state index is 6.28. The number of aromatic nitrogens is 1. The Bertz CT molecular complexity index is 948. The first kappa shape index (κ1) is 29.7. The molecule has 0 bridgehead atoms. The Hall–Kier alpha value is -2.32. The highest BCUT2D eigenvalue weighted by Gasteiger charge is 2.16. The summed E-state index contributed by atoms with van der Waals surface area (Å²) in [4.78, 5) is 4.74. The van der Waals surface area contributed by atoms with Crippen molar-refractivity contribution in [3.63, 3.8) is 0 Å². The predicted octanol–water partition coefficient (Wildman–Crippen LogP) is 9.71. The van der Waals surface area contributed by atoms with Gasteiger partial charge in [0, 0.05) is 17.6 Å². The number of hydrogen-bond acceptors (Lipinski definition) is 2.